The smallest absolute Gasteiger partial charge is 0.416 e. The minimum atomic E-state index is -4.42. The van der Waals surface area contributed by atoms with E-state index in [-0.39, 0.29) is 25.6 Å². The van der Waals surface area contributed by atoms with Gasteiger partial charge in [-0.15, -0.1) is 0 Å². The van der Waals surface area contributed by atoms with Crippen LogP contribution < -0.4 is 0 Å². The zero-order valence-electron chi connectivity index (χ0n) is 22.4. The van der Waals surface area contributed by atoms with Crippen molar-refractivity contribution < 1.29 is 27.9 Å². The number of benzene rings is 2. The zero-order chi connectivity index (χ0) is 28.4. The normalized spacial score (nSPS) is 18.1. The number of alkyl halides is 3. The molecule has 4 rings (SSSR count). The first-order valence-electron chi connectivity index (χ1n) is 13.5. The Labute approximate surface area is 230 Å². The van der Waals surface area contributed by atoms with Crippen LogP contribution in [0.2, 0.25) is 0 Å². The third-order valence-electron chi connectivity index (χ3n) is 7.99. The van der Waals surface area contributed by atoms with Crippen molar-refractivity contribution in [3.05, 3.63) is 69.8 Å². The molecule has 0 atom stereocenters. The third-order valence-corrected chi connectivity index (χ3v) is 7.99. The van der Waals surface area contributed by atoms with Gasteiger partial charge in [-0.25, -0.2) is 0 Å². The summed E-state index contributed by atoms with van der Waals surface area (Å²) in [4.78, 5) is 18.4. The number of likely N-dealkylation sites (tertiary alicyclic amines) is 1. The maximum absolute atomic E-state index is 13.9. The Morgan fingerprint density at radius 2 is 1.77 bits per heavy atom. The molecule has 1 heterocycles. The van der Waals surface area contributed by atoms with Crippen molar-refractivity contribution in [1.29, 1.82) is 0 Å². The minimum absolute atomic E-state index is 0.0539. The molecule has 2 aromatic rings. The van der Waals surface area contributed by atoms with Crippen LogP contribution in [0.15, 0.2) is 41.6 Å². The number of oxime groups is 1. The van der Waals surface area contributed by atoms with Crippen molar-refractivity contribution in [3.63, 3.8) is 0 Å². The van der Waals surface area contributed by atoms with Gasteiger partial charge in [-0.2, -0.15) is 13.2 Å². The molecule has 1 aliphatic carbocycles. The predicted octanol–water partition coefficient (Wildman–Crippen LogP) is 5.72. The van der Waals surface area contributed by atoms with Gasteiger partial charge < -0.3 is 14.8 Å². The molecule has 0 aromatic heterocycles. The van der Waals surface area contributed by atoms with Crippen molar-refractivity contribution in [2.24, 2.45) is 11.1 Å². The molecule has 2 aromatic carbocycles. The van der Waals surface area contributed by atoms with Crippen molar-refractivity contribution in [2.75, 3.05) is 13.1 Å². The first-order chi connectivity index (χ1) is 18.4. The Kier molecular flexibility index (Phi) is 8.84. The number of aryl methyl sites for hydroxylation is 1. The Morgan fingerprint density at radius 3 is 2.38 bits per heavy atom. The van der Waals surface area contributed by atoms with Crippen LogP contribution in [0.5, 0.6) is 0 Å². The molecule has 1 N–H and O–H groups in total. The molecule has 4 radical (unpaired) electrons. The zero-order valence-corrected chi connectivity index (χ0v) is 22.4. The molecule has 5 nitrogen and oxygen atoms in total. The van der Waals surface area contributed by atoms with Crippen LogP contribution in [0, 0.1) is 5.92 Å². The lowest BCUT2D eigenvalue weighted by Crippen LogP contribution is -2.61. The summed E-state index contributed by atoms with van der Waals surface area (Å²) in [5.41, 5.74) is 3.12. The lowest BCUT2D eigenvalue weighted by molar-refractivity contribution is -0.148. The van der Waals surface area contributed by atoms with Crippen LogP contribution in [-0.4, -0.2) is 50.5 Å². The Balaban J connectivity index is 1.46. The number of carboxylic acid groups (broad SMARTS) is 1. The lowest BCUT2D eigenvalue weighted by Gasteiger charge is -2.49. The minimum Gasteiger partial charge on any atom is -0.481 e. The number of carbonyl (C=O) groups is 1. The summed E-state index contributed by atoms with van der Waals surface area (Å²) in [6, 6.07) is 10.00. The van der Waals surface area contributed by atoms with Crippen molar-refractivity contribution in [3.8, 4) is 0 Å². The van der Waals surface area contributed by atoms with Crippen LogP contribution >= 0.6 is 0 Å². The second-order valence-electron chi connectivity index (χ2n) is 10.7. The van der Waals surface area contributed by atoms with Gasteiger partial charge >= 0.3 is 12.1 Å². The Hall–Kier alpha value is -2.74. The Bertz CT molecular complexity index is 1220. The standard InChI is InChI=1S/C29H33B2F3N2O3/c1-3-20-14-22(10-12-25(20)28(30,31)36-15-23(16-36)27(37)38)18(2)35-39-17-19-9-11-24(21-7-5-4-6-8-21)26(13-19)29(32,33)34/h9-14,21,23H,3-8,15-17H2,1-2H3,(H,37,38)/b35-18+. The highest BCUT2D eigenvalue weighted by molar-refractivity contribution is 6.40. The molecule has 1 saturated carbocycles. The Morgan fingerprint density at radius 1 is 1.08 bits per heavy atom. The van der Waals surface area contributed by atoms with E-state index in [1.54, 1.807) is 36.1 Å². The van der Waals surface area contributed by atoms with Gasteiger partial charge in [0.05, 0.1) is 32.9 Å². The van der Waals surface area contributed by atoms with Crippen LogP contribution in [-0.2, 0) is 34.2 Å². The maximum Gasteiger partial charge on any atom is 0.416 e. The second kappa shape index (κ2) is 11.8. The molecular weight excluding hydrogens is 503 g/mol. The van der Waals surface area contributed by atoms with E-state index in [1.165, 1.54) is 6.07 Å². The monoisotopic (exact) mass is 536 g/mol. The lowest BCUT2D eigenvalue weighted by atomic mass is 9.54. The summed E-state index contributed by atoms with van der Waals surface area (Å²) in [7, 11) is 12.9. The van der Waals surface area contributed by atoms with E-state index in [9.17, 15) is 18.0 Å². The molecule has 0 spiro atoms. The van der Waals surface area contributed by atoms with Gasteiger partial charge in [-0.3, -0.25) is 4.79 Å². The fourth-order valence-corrected chi connectivity index (χ4v) is 5.57. The molecule has 10 heteroatoms. The van der Waals surface area contributed by atoms with Gasteiger partial charge in [-0.05, 0) is 77.4 Å². The number of halogens is 3. The van der Waals surface area contributed by atoms with E-state index in [0.717, 1.165) is 43.2 Å². The van der Waals surface area contributed by atoms with Crippen LogP contribution in [0.25, 0.3) is 0 Å². The number of nitrogens with zero attached hydrogens (tertiary/aromatic N) is 2. The molecule has 0 amide bonds. The summed E-state index contributed by atoms with van der Waals surface area (Å²) < 4.78 is 41.6. The summed E-state index contributed by atoms with van der Waals surface area (Å²) in [6.45, 7) is 4.19. The highest BCUT2D eigenvalue weighted by Gasteiger charge is 2.41. The highest BCUT2D eigenvalue weighted by atomic mass is 19.4. The molecule has 0 bridgehead atoms. The van der Waals surface area contributed by atoms with E-state index in [1.807, 2.05) is 13.0 Å². The SMILES string of the molecule is [B]C([B])(c1ccc(/C(C)=N/OCc2ccc(C3CCCCC3)c(C(F)(F)F)c2)cc1CC)N1CC(C(=O)O)C1. The first-order valence-corrected chi connectivity index (χ1v) is 13.5. The van der Waals surface area contributed by atoms with Gasteiger partial charge in [0.15, 0.2) is 0 Å². The van der Waals surface area contributed by atoms with Gasteiger partial charge in [0.1, 0.15) is 6.61 Å². The number of carboxylic acids is 1. The van der Waals surface area contributed by atoms with E-state index in [0.29, 0.717) is 28.8 Å². The molecule has 2 fully saturated rings. The summed E-state index contributed by atoms with van der Waals surface area (Å²) in [5.74, 6) is -1.40. The van der Waals surface area contributed by atoms with Gasteiger partial charge in [0.25, 0.3) is 0 Å². The fraction of sp³-hybridized carbons (Fsp3) is 0.517. The van der Waals surface area contributed by atoms with E-state index < -0.39 is 29.0 Å². The number of rotatable bonds is 9. The van der Waals surface area contributed by atoms with Gasteiger partial charge in [0.2, 0.25) is 0 Å². The van der Waals surface area contributed by atoms with Crippen molar-refractivity contribution >= 4 is 27.4 Å². The average Bonchev–Trinajstić information content (AvgIpc) is 2.86. The highest BCUT2D eigenvalue weighted by Crippen LogP contribution is 2.41. The average molecular weight is 536 g/mol. The van der Waals surface area contributed by atoms with Crippen LogP contribution in [0.4, 0.5) is 13.2 Å². The third kappa shape index (κ3) is 6.53. The van der Waals surface area contributed by atoms with Crippen molar-refractivity contribution in [2.45, 2.75) is 76.4 Å². The summed E-state index contributed by atoms with van der Waals surface area (Å²) in [6.07, 6.45) is 0.789. The fourth-order valence-electron chi connectivity index (χ4n) is 5.57. The van der Waals surface area contributed by atoms with Crippen LogP contribution in [0.3, 0.4) is 0 Å². The summed E-state index contributed by atoms with van der Waals surface area (Å²) >= 11 is 0. The second-order valence-corrected chi connectivity index (χ2v) is 10.7. The molecule has 204 valence electrons. The largest absolute Gasteiger partial charge is 0.481 e. The van der Waals surface area contributed by atoms with Crippen molar-refractivity contribution in [1.82, 2.24) is 4.90 Å². The first kappa shape index (κ1) is 29.2. The number of hydrogen-bond donors (Lipinski definition) is 1. The maximum atomic E-state index is 13.9. The van der Waals surface area contributed by atoms with E-state index >= 15 is 0 Å². The topological polar surface area (TPSA) is 62.1 Å². The van der Waals surface area contributed by atoms with Gasteiger partial charge in [0, 0.05) is 13.1 Å². The molecule has 39 heavy (non-hydrogen) atoms. The molecule has 2 aliphatic rings. The quantitative estimate of drug-likeness (QED) is 0.253. The van der Waals surface area contributed by atoms with E-state index in [4.69, 9.17) is 25.6 Å². The van der Waals surface area contributed by atoms with E-state index in [2.05, 4.69) is 5.16 Å². The van der Waals surface area contributed by atoms with Crippen LogP contribution in [0.1, 0.15) is 85.3 Å². The number of aliphatic carboxylic acids is 1. The molecule has 1 aliphatic heterocycles. The van der Waals surface area contributed by atoms with Gasteiger partial charge in [-0.1, -0.05) is 55.6 Å². The predicted molar refractivity (Wildman–Crippen MR) is 146 cm³/mol. The molecular formula is C29H33B2F3N2O3. The number of hydrogen-bond acceptors (Lipinski definition) is 4. The molecule has 1 saturated heterocycles. The molecule has 0 unspecified atom stereocenters. The summed E-state index contributed by atoms with van der Waals surface area (Å²) in [5, 5.41) is 12.0.